The molecule has 0 aromatic heterocycles. The minimum atomic E-state index is -0.230. The molecule has 0 radical (unpaired) electrons. The second-order valence-electron chi connectivity index (χ2n) is 6.95. The van der Waals surface area contributed by atoms with Crippen molar-refractivity contribution in [2.24, 2.45) is 0 Å². The zero-order chi connectivity index (χ0) is 17.9. The average molecular weight is 347 g/mol. The largest absolute Gasteiger partial charge is 0.204 e. The molecule has 0 spiro atoms. The Morgan fingerprint density at radius 1 is 0.542 bits per heavy atom. The van der Waals surface area contributed by atoms with Crippen LogP contribution in [-0.4, -0.2) is 12.2 Å². The van der Waals surface area contributed by atoms with Crippen molar-refractivity contribution in [2.45, 2.75) is 123 Å². The van der Waals surface area contributed by atoms with Crippen molar-refractivity contribution >= 4 is 0 Å². The molecular weight excluding hydrogens is 304 g/mol. The van der Waals surface area contributed by atoms with Crippen LogP contribution in [0.2, 0.25) is 0 Å². The van der Waals surface area contributed by atoms with E-state index in [1.807, 2.05) is 0 Å². The van der Waals surface area contributed by atoms with E-state index >= 15 is 0 Å². The van der Waals surface area contributed by atoms with Gasteiger partial charge in [-0.25, -0.2) is 4.89 Å². The van der Waals surface area contributed by atoms with E-state index in [2.05, 4.69) is 27.7 Å². The van der Waals surface area contributed by atoms with Crippen LogP contribution in [0.15, 0.2) is 0 Å². The predicted molar refractivity (Wildman–Crippen MR) is 99.3 cm³/mol. The van der Waals surface area contributed by atoms with Gasteiger partial charge in [-0.05, 0) is 35.8 Å². The lowest BCUT2D eigenvalue weighted by molar-refractivity contribution is -0.652. The molecule has 0 aliphatic heterocycles. The van der Waals surface area contributed by atoms with Gasteiger partial charge in [0.2, 0.25) is 0 Å². The Kier molecular flexibility index (Phi) is 17.5. The molecule has 0 amide bonds. The maximum absolute atomic E-state index is 5.77. The van der Waals surface area contributed by atoms with Crippen LogP contribution in [-0.2, 0) is 19.9 Å². The molecule has 0 aliphatic rings. The first kappa shape index (κ1) is 23.8. The standard InChI is InChI=1S/C20H42O4/c1-5-9-13-14-15-18-20(16-10-6-2,17-11-7-3)22-24-23-21-19-12-8-4/h5-19H2,1-4H3. The molecule has 0 fully saturated rings. The average Bonchev–Trinajstić information content (AvgIpc) is 2.60. The summed E-state index contributed by atoms with van der Waals surface area (Å²) in [6.07, 6.45) is 16.1. The SMILES string of the molecule is CCCCCCCC(CCCC)(CCCC)OOOOCCCC. The van der Waals surface area contributed by atoms with E-state index in [0.717, 1.165) is 44.9 Å². The molecule has 0 unspecified atom stereocenters. The molecule has 0 aromatic carbocycles. The Labute approximate surface area is 150 Å². The topological polar surface area (TPSA) is 36.9 Å². The minimum Gasteiger partial charge on any atom is -0.204 e. The van der Waals surface area contributed by atoms with Crippen LogP contribution < -0.4 is 0 Å². The molecule has 0 bridgehead atoms. The van der Waals surface area contributed by atoms with Crippen molar-refractivity contribution < 1.29 is 19.9 Å². The highest BCUT2D eigenvalue weighted by Crippen LogP contribution is 2.32. The highest BCUT2D eigenvalue weighted by Gasteiger charge is 2.31. The summed E-state index contributed by atoms with van der Waals surface area (Å²) in [6, 6.07) is 0. The van der Waals surface area contributed by atoms with E-state index in [9.17, 15) is 0 Å². The van der Waals surface area contributed by atoms with Gasteiger partial charge in [0.25, 0.3) is 0 Å². The van der Waals surface area contributed by atoms with Crippen LogP contribution in [0.3, 0.4) is 0 Å². The van der Waals surface area contributed by atoms with Gasteiger partial charge in [-0.2, -0.15) is 4.89 Å². The van der Waals surface area contributed by atoms with Gasteiger partial charge < -0.3 is 0 Å². The fraction of sp³-hybridized carbons (Fsp3) is 1.00. The Bertz CT molecular complexity index is 238. The summed E-state index contributed by atoms with van der Waals surface area (Å²) in [7, 11) is 0. The first-order chi connectivity index (χ1) is 11.7. The number of rotatable bonds is 19. The van der Waals surface area contributed by atoms with Crippen LogP contribution in [0.25, 0.3) is 0 Å². The van der Waals surface area contributed by atoms with Crippen molar-refractivity contribution in [3.05, 3.63) is 0 Å². The molecule has 4 heteroatoms. The van der Waals surface area contributed by atoms with E-state index in [1.165, 1.54) is 44.9 Å². The van der Waals surface area contributed by atoms with Crippen molar-refractivity contribution in [3.63, 3.8) is 0 Å². The van der Waals surface area contributed by atoms with E-state index in [-0.39, 0.29) is 5.60 Å². The smallest absolute Gasteiger partial charge is 0.107 e. The molecule has 0 saturated heterocycles. The van der Waals surface area contributed by atoms with Crippen LogP contribution in [0, 0.1) is 0 Å². The minimum absolute atomic E-state index is 0.230. The first-order valence-corrected chi connectivity index (χ1v) is 10.4. The maximum Gasteiger partial charge on any atom is 0.107 e. The second kappa shape index (κ2) is 17.7. The van der Waals surface area contributed by atoms with Crippen molar-refractivity contribution in [1.29, 1.82) is 0 Å². The van der Waals surface area contributed by atoms with Crippen molar-refractivity contribution in [2.75, 3.05) is 6.61 Å². The van der Waals surface area contributed by atoms with E-state index in [4.69, 9.17) is 19.9 Å². The normalized spacial score (nSPS) is 12.0. The third-order valence-electron chi connectivity index (χ3n) is 4.58. The summed E-state index contributed by atoms with van der Waals surface area (Å²) >= 11 is 0. The lowest BCUT2D eigenvalue weighted by Gasteiger charge is -2.31. The Balaban J connectivity index is 4.37. The highest BCUT2D eigenvalue weighted by atomic mass is 17.7. The molecule has 0 heterocycles. The summed E-state index contributed by atoms with van der Waals surface area (Å²) < 4.78 is 0. The molecule has 0 aromatic rings. The van der Waals surface area contributed by atoms with Gasteiger partial charge in [-0.3, -0.25) is 0 Å². The molecule has 146 valence electrons. The van der Waals surface area contributed by atoms with Crippen LogP contribution >= 0.6 is 0 Å². The van der Waals surface area contributed by atoms with E-state index in [1.54, 1.807) is 0 Å². The Morgan fingerprint density at radius 3 is 1.67 bits per heavy atom. The fourth-order valence-corrected chi connectivity index (χ4v) is 2.89. The lowest BCUT2D eigenvalue weighted by atomic mass is 9.86. The van der Waals surface area contributed by atoms with Gasteiger partial charge in [0, 0.05) is 0 Å². The summed E-state index contributed by atoms with van der Waals surface area (Å²) in [5, 5.41) is 9.77. The van der Waals surface area contributed by atoms with Gasteiger partial charge in [-0.15, -0.1) is 0 Å². The Hall–Kier alpha value is -0.160. The molecule has 4 nitrogen and oxygen atoms in total. The number of hydrogen-bond donors (Lipinski definition) is 0. The Morgan fingerprint density at radius 2 is 1.08 bits per heavy atom. The second-order valence-corrected chi connectivity index (χ2v) is 6.95. The molecule has 0 atom stereocenters. The zero-order valence-electron chi connectivity index (χ0n) is 16.7. The van der Waals surface area contributed by atoms with Crippen molar-refractivity contribution in [3.8, 4) is 0 Å². The van der Waals surface area contributed by atoms with Gasteiger partial charge in [0.1, 0.15) is 5.60 Å². The van der Waals surface area contributed by atoms with Gasteiger partial charge in [-0.1, -0.05) is 91.9 Å². The van der Waals surface area contributed by atoms with Gasteiger partial charge in [0.15, 0.2) is 0 Å². The van der Waals surface area contributed by atoms with Gasteiger partial charge in [0.05, 0.1) is 6.61 Å². The van der Waals surface area contributed by atoms with Crippen LogP contribution in [0.4, 0.5) is 0 Å². The monoisotopic (exact) mass is 346 g/mol. The van der Waals surface area contributed by atoms with E-state index in [0.29, 0.717) is 6.61 Å². The summed E-state index contributed by atoms with van der Waals surface area (Å²) in [6.45, 7) is 9.33. The van der Waals surface area contributed by atoms with Crippen LogP contribution in [0.1, 0.15) is 118 Å². The van der Waals surface area contributed by atoms with Gasteiger partial charge >= 0.3 is 0 Å². The van der Waals surface area contributed by atoms with E-state index < -0.39 is 0 Å². The maximum atomic E-state index is 5.77. The molecule has 0 rings (SSSR count). The third kappa shape index (κ3) is 13.2. The first-order valence-electron chi connectivity index (χ1n) is 10.4. The summed E-state index contributed by atoms with van der Waals surface area (Å²) in [5.41, 5.74) is -0.230. The highest BCUT2D eigenvalue weighted by molar-refractivity contribution is 4.79. The van der Waals surface area contributed by atoms with Crippen molar-refractivity contribution in [1.82, 2.24) is 0 Å². The number of unbranched alkanes of at least 4 members (excludes halogenated alkanes) is 7. The predicted octanol–water partition coefficient (Wildman–Crippen LogP) is 7.08. The molecule has 0 N–H and O–H groups in total. The molecule has 24 heavy (non-hydrogen) atoms. The fourth-order valence-electron chi connectivity index (χ4n) is 2.89. The van der Waals surface area contributed by atoms with Crippen LogP contribution in [0.5, 0.6) is 0 Å². The lowest BCUT2D eigenvalue weighted by Crippen LogP contribution is -2.33. The molecular formula is C20H42O4. The number of hydrogen-bond acceptors (Lipinski definition) is 4. The third-order valence-corrected chi connectivity index (χ3v) is 4.58. The molecule has 0 aliphatic carbocycles. The summed E-state index contributed by atoms with van der Waals surface area (Å²) in [5.74, 6) is 0. The zero-order valence-corrected chi connectivity index (χ0v) is 16.7. The molecule has 0 saturated carbocycles. The summed E-state index contributed by atoms with van der Waals surface area (Å²) in [4.78, 5) is 10.8. The quantitative estimate of drug-likeness (QED) is 0.142.